The van der Waals surface area contributed by atoms with Gasteiger partial charge in [0, 0.05) is 24.4 Å². The Morgan fingerprint density at radius 3 is 2.62 bits per heavy atom. The Kier molecular flexibility index (Phi) is 8.13. The van der Waals surface area contributed by atoms with E-state index in [1.165, 1.54) is 0 Å². The number of hydrogen-bond donors (Lipinski definition) is 3. The lowest BCUT2D eigenvalue weighted by Gasteiger charge is -2.14. The number of carbonyl (C=O) groups excluding carboxylic acids is 2. The number of carbonyl (C=O) groups is 2. The molecule has 0 aliphatic carbocycles. The molecule has 1 aliphatic heterocycles. The second kappa shape index (κ2) is 11.9. The third-order valence-corrected chi connectivity index (χ3v) is 5.49. The number of rotatable bonds is 10. The monoisotopic (exact) mass is 459 g/mol. The first-order valence-corrected chi connectivity index (χ1v) is 11.5. The molecule has 1 unspecified atom stereocenters. The summed E-state index contributed by atoms with van der Waals surface area (Å²) in [5.41, 5.74) is 2.87. The predicted octanol–water partition coefficient (Wildman–Crippen LogP) is 4.23. The van der Waals surface area contributed by atoms with Gasteiger partial charge in [-0.15, -0.1) is 0 Å². The molecular weight excluding hydrogens is 430 g/mol. The van der Waals surface area contributed by atoms with Crippen molar-refractivity contribution in [1.29, 1.82) is 0 Å². The lowest BCUT2D eigenvalue weighted by Crippen LogP contribution is -2.31. The molecule has 0 spiro atoms. The molecule has 1 saturated heterocycles. The van der Waals surface area contributed by atoms with Crippen molar-refractivity contribution in [3.05, 3.63) is 90.0 Å². The van der Waals surface area contributed by atoms with Crippen molar-refractivity contribution in [3.8, 4) is 5.75 Å². The van der Waals surface area contributed by atoms with Gasteiger partial charge >= 0.3 is 0 Å². The van der Waals surface area contributed by atoms with Crippen molar-refractivity contribution >= 4 is 23.2 Å². The Bertz CT molecular complexity index is 1100. The van der Waals surface area contributed by atoms with Crippen LogP contribution in [-0.2, 0) is 16.1 Å². The molecule has 7 heteroatoms. The number of para-hydroxylation sites is 2. The molecule has 3 N–H and O–H groups in total. The van der Waals surface area contributed by atoms with E-state index >= 15 is 0 Å². The van der Waals surface area contributed by atoms with E-state index in [-0.39, 0.29) is 24.5 Å². The number of nitrogens with one attached hydrogen (secondary N) is 3. The average molecular weight is 460 g/mol. The quantitative estimate of drug-likeness (QED) is 0.422. The van der Waals surface area contributed by atoms with Crippen molar-refractivity contribution in [1.82, 2.24) is 5.32 Å². The van der Waals surface area contributed by atoms with Crippen LogP contribution in [0.2, 0.25) is 0 Å². The SMILES string of the molecule is O=C(CNc1cccc(C(=O)NCC2CCCO2)c1)Nc1ccccc1OCc1ccccc1. The van der Waals surface area contributed by atoms with Gasteiger partial charge in [0.25, 0.3) is 5.91 Å². The van der Waals surface area contributed by atoms with Gasteiger partial charge in [0.05, 0.1) is 18.3 Å². The molecule has 4 rings (SSSR count). The third-order valence-electron chi connectivity index (χ3n) is 5.49. The molecule has 0 aromatic heterocycles. The van der Waals surface area contributed by atoms with E-state index in [1.54, 1.807) is 24.3 Å². The normalized spacial score (nSPS) is 14.9. The molecule has 1 atom stereocenters. The van der Waals surface area contributed by atoms with Crippen LogP contribution in [0.25, 0.3) is 0 Å². The van der Waals surface area contributed by atoms with Gasteiger partial charge in [-0.25, -0.2) is 0 Å². The number of benzene rings is 3. The molecule has 1 aliphatic rings. The topological polar surface area (TPSA) is 88.7 Å². The number of ether oxygens (including phenoxy) is 2. The molecular formula is C27H29N3O4. The highest BCUT2D eigenvalue weighted by Gasteiger charge is 2.17. The zero-order valence-corrected chi connectivity index (χ0v) is 19.0. The smallest absolute Gasteiger partial charge is 0.251 e. The Balaban J connectivity index is 1.28. The van der Waals surface area contributed by atoms with Gasteiger partial charge in [0.2, 0.25) is 5.91 Å². The van der Waals surface area contributed by atoms with Crippen molar-refractivity contribution in [2.24, 2.45) is 0 Å². The molecule has 34 heavy (non-hydrogen) atoms. The van der Waals surface area contributed by atoms with Gasteiger partial charge < -0.3 is 25.4 Å². The Morgan fingerprint density at radius 1 is 0.971 bits per heavy atom. The average Bonchev–Trinajstić information content (AvgIpc) is 3.40. The largest absolute Gasteiger partial charge is 0.487 e. The maximum Gasteiger partial charge on any atom is 0.251 e. The van der Waals surface area contributed by atoms with E-state index < -0.39 is 0 Å². The van der Waals surface area contributed by atoms with Crippen molar-refractivity contribution in [2.75, 3.05) is 30.3 Å². The summed E-state index contributed by atoms with van der Waals surface area (Å²) in [6, 6.07) is 24.3. The summed E-state index contributed by atoms with van der Waals surface area (Å²) in [6.07, 6.45) is 2.09. The third kappa shape index (κ3) is 6.83. The summed E-state index contributed by atoms with van der Waals surface area (Å²) in [4.78, 5) is 25.0. The van der Waals surface area contributed by atoms with Gasteiger partial charge in [0.1, 0.15) is 12.4 Å². The lowest BCUT2D eigenvalue weighted by atomic mass is 10.1. The summed E-state index contributed by atoms with van der Waals surface area (Å²) < 4.78 is 11.4. The fraction of sp³-hybridized carbons (Fsp3) is 0.259. The standard InChI is InChI=1S/C27H29N3O4/c31-26(30-24-13-4-5-14-25(24)34-19-20-8-2-1-3-9-20)18-28-22-11-6-10-21(16-22)27(32)29-17-23-12-7-15-33-23/h1-6,8-11,13-14,16,23,28H,7,12,15,17-19H2,(H,29,32)(H,30,31). The number of hydrogen-bond acceptors (Lipinski definition) is 5. The van der Waals surface area contributed by atoms with Crippen LogP contribution in [0.1, 0.15) is 28.8 Å². The van der Waals surface area contributed by atoms with Gasteiger partial charge in [-0.2, -0.15) is 0 Å². The first-order chi connectivity index (χ1) is 16.7. The van der Waals surface area contributed by atoms with E-state index in [0.29, 0.717) is 35.8 Å². The minimum atomic E-state index is -0.219. The fourth-order valence-corrected chi connectivity index (χ4v) is 3.69. The molecule has 176 valence electrons. The highest BCUT2D eigenvalue weighted by Crippen LogP contribution is 2.24. The van der Waals surface area contributed by atoms with Crippen molar-refractivity contribution < 1.29 is 19.1 Å². The van der Waals surface area contributed by atoms with Crippen LogP contribution in [0.5, 0.6) is 5.75 Å². The Labute approximate surface area is 199 Å². The van der Waals surface area contributed by atoms with Crippen LogP contribution in [0, 0.1) is 0 Å². The minimum Gasteiger partial charge on any atom is -0.487 e. The molecule has 3 aromatic rings. The van der Waals surface area contributed by atoms with Gasteiger partial charge in [-0.3, -0.25) is 9.59 Å². The first-order valence-electron chi connectivity index (χ1n) is 11.5. The molecule has 0 bridgehead atoms. The highest BCUT2D eigenvalue weighted by molar-refractivity contribution is 5.96. The summed E-state index contributed by atoms with van der Waals surface area (Å²) in [7, 11) is 0. The van der Waals surface area contributed by atoms with Crippen molar-refractivity contribution in [2.45, 2.75) is 25.6 Å². The second-order valence-electron chi connectivity index (χ2n) is 8.10. The van der Waals surface area contributed by atoms with Crippen LogP contribution in [0.4, 0.5) is 11.4 Å². The summed E-state index contributed by atoms with van der Waals surface area (Å²) in [6.45, 7) is 1.72. The molecule has 2 amide bonds. The Morgan fingerprint density at radius 2 is 1.79 bits per heavy atom. The van der Waals surface area contributed by atoms with Gasteiger partial charge in [-0.05, 0) is 48.7 Å². The van der Waals surface area contributed by atoms with E-state index in [0.717, 1.165) is 25.0 Å². The molecule has 0 saturated carbocycles. The number of anilines is 2. The van der Waals surface area contributed by atoms with E-state index in [2.05, 4.69) is 16.0 Å². The van der Waals surface area contributed by atoms with Gasteiger partial charge in [-0.1, -0.05) is 48.5 Å². The molecule has 0 radical (unpaired) electrons. The summed E-state index contributed by atoms with van der Waals surface area (Å²) in [5, 5.41) is 8.87. The highest BCUT2D eigenvalue weighted by atomic mass is 16.5. The maximum absolute atomic E-state index is 12.6. The van der Waals surface area contributed by atoms with Crippen molar-refractivity contribution in [3.63, 3.8) is 0 Å². The van der Waals surface area contributed by atoms with Crippen LogP contribution < -0.4 is 20.7 Å². The van der Waals surface area contributed by atoms with E-state index in [1.807, 2.05) is 54.6 Å². The van der Waals surface area contributed by atoms with E-state index in [9.17, 15) is 9.59 Å². The fourth-order valence-electron chi connectivity index (χ4n) is 3.69. The molecule has 1 heterocycles. The molecule has 3 aromatic carbocycles. The van der Waals surface area contributed by atoms with Crippen LogP contribution >= 0.6 is 0 Å². The number of amides is 2. The van der Waals surface area contributed by atoms with E-state index in [4.69, 9.17) is 9.47 Å². The summed E-state index contributed by atoms with van der Waals surface area (Å²) >= 11 is 0. The lowest BCUT2D eigenvalue weighted by molar-refractivity contribution is -0.114. The zero-order valence-electron chi connectivity index (χ0n) is 19.0. The maximum atomic E-state index is 12.6. The van der Waals surface area contributed by atoms with Crippen LogP contribution in [0.3, 0.4) is 0 Å². The zero-order chi connectivity index (χ0) is 23.6. The predicted molar refractivity (Wildman–Crippen MR) is 132 cm³/mol. The molecule has 1 fully saturated rings. The Hall–Kier alpha value is -3.84. The summed E-state index contributed by atoms with van der Waals surface area (Å²) in [5.74, 6) is 0.224. The van der Waals surface area contributed by atoms with Crippen LogP contribution in [0.15, 0.2) is 78.9 Å². The first kappa shape index (κ1) is 23.3. The second-order valence-corrected chi connectivity index (χ2v) is 8.10. The van der Waals surface area contributed by atoms with Gasteiger partial charge in [0.15, 0.2) is 0 Å². The minimum absolute atomic E-state index is 0.0496. The van der Waals surface area contributed by atoms with Crippen LogP contribution in [-0.4, -0.2) is 37.6 Å². The molecule has 7 nitrogen and oxygen atoms in total.